The summed E-state index contributed by atoms with van der Waals surface area (Å²) in [7, 11) is 0. The van der Waals surface area contributed by atoms with Crippen molar-refractivity contribution in [3.05, 3.63) is 18.0 Å². The van der Waals surface area contributed by atoms with Crippen LogP contribution >= 0.6 is 0 Å². The standard InChI is InChI=1S/C8H8N4O2/c1-2-14-8(13)7-6-5(3-4-9-7)10-12-11-6/h3-4H,2H2,1H3,(H,10,11,12). The fourth-order valence-corrected chi connectivity index (χ4v) is 1.12. The van der Waals surface area contributed by atoms with Crippen molar-refractivity contribution >= 4 is 17.0 Å². The topological polar surface area (TPSA) is 80.8 Å². The van der Waals surface area contributed by atoms with E-state index in [-0.39, 0.29) is 5.69 Å². The molecule has 0 aliphatic rings. The molecule has 2 heterocycles. The molecule has 0 aliphatic heterocycles. The third-order valence-corrected chi connectivity index (χ3v) is 1.70. The van der Waals surface area contributed by atoms with E-state index in [0.717, 1.165) is 0 Å². The zero-order valence-corrected chi connectivity index (χ0v) is 7.52. The molecule has 6 nitrogen and oxygen atoms in total. The number of fused-ring (bicyclic) bond motifs is 1. The smallest absolute Gasteiger partial charge is 0.359 e. The molecule has 72 valence electrons. The molecule has 2 rings (SSSR count). The van der Waals surface area contributed by atoms with Crippen molar-refractivity contribution in [3.63, 3.8) is 0 Å². The van der Waals surface area contributed by atoms with Crippen LogP contribution in [0.3, 0.4) is 0 Å². The first-order chi connectivity index (χ1) is 6.83. The number of hydrogen-bond donors (Lipinski definition) is 1. The molecule has 14 heavy (non-hydrogen) atoms. The van der Waals surface area contributed by atoms with E-state index in [1.165, 1.54) is 6.20 Å². The van der Waals surface area contributed by atoms with Gasteiger partial charge in [0.05, 0.1) is 6.61 Å². The second-order valence-corrected chi connectivity index (χ2v) is 2.57. The number of nitrogens with one attached hydrogen (secondary N) is 1. The molecule has 2 aromatic heterocycles. The molecule has 0 atom stereocenters. The molecule has 0 fully saturated rings. The fourth-order valence-electron chi connectivity index (χ4n) is 1.12. The summed E-state index contributed by atoms with van der Waals surface area (Å²) in [5.41, 5.74) is 1.23. The van der Waals surface area contributed by atoms with Crippen molar-refractivity contribution in [1.29, 1.82) is 0 Å². The molecule has 0 saturated carbocycles. The largest absolute Gasteiger partial charge is 0.461 e. The first-order valence-corrected chi connectivity index (χ1v) is 4.15. The summed E-state index contributed by atoms with van der Waals surface area (Å²) in [4.78, 5) is 15.3. The van der Waals surface area contributed by atoms with Gasteiger partial charge in [0.2, 0.25) is 0 Å². The zero-order valence-electron chi connectivity index (χ0n) is 7.52. The van der Waals surface area contributed by atoms with Crippen LogP contribution in [0.5, 0.6) is 0 Å². The van der Waals surface area contributed by atoms with Crippen LogP contribution in [0.15, 0.2) is 12.3 Å². The summed E-state index contributed by atoms with van der Waals surface area (Å²) in [5, 5.41) is 10.1. The molecule has 0 spiro atoms. The van der Waals surface area contributed by atoms with E-state index < -0.39 is 5.97 Å². The van der Waals surface area contributed by atoms with Crippen molar-refractivity contribution in [3.8, 4) is 0 Å². The van der Waals surface area contributed by atoms with Crippen LogP contribution in [0, 0.1) is 0 Å². The van der Waals surface area contributed by atoms with Crippen LogP contribution in [0.25, 0.3) is 11.0 Å². The number of aromatic nitrogens is 4. The first kappa shape index (κ1) is 8.61. The second kappa shape index (κ2) is 3.41. The summed E-state index contributed by atoms with van der Waals surface area (Å²) < 4.78 is 4.82. The molecule has 0 aliphatic carbocycles. The average molecular weight is 192 g/mol. The number of esters is 1. The van der Waals surface area contributed by atoms with E-state index in [9.17, 15) is 4.79 Å². The number of carbonyl (C=O) groups excluding carboxylic acids is 1. The molecule has 0 amide bonds. The Morgan fingerprint density at radius 2 is 2.43 bits per heavy atom. The second-order valence-electron chi connectivity index (χ2n) is 2.57. The van der Waals surface area contributed by atoms with Gasteiger partial charge in [0, 0.05) is 6.20 Å². The van der Waals surface area contributed by atoms with Gasteiger partial charge in [0.25, 0.3) is 0 Å². The van der Waals surface area contributed by atoms with Gasteiger partial charge in [-0.15, -0.1) is 0 Å². The summed E-state index contributed by atoms with van der Waals surface area (Å²) in [5.74, 6) is -0.480. The van der Waals surface area contributed by atoms with E-state index in [0.29, 0.717) is 17.6 Å². The van der Waals surface area contributed by atoms with Crippen LogP contribution in [-0.2, 0) is 4.74 Å². The Bertz CT molecular complexity index is 465. The SMILES string of the molecule is CCOC(=O)c1nccc2n[nH]nc12. The Morgan fingerprint density at radius 1 is 1.57 bits per heavy atom. The first-order valence-electron chi connectivity index (χ1n) is 4.15. The van der Waals surface area contributed by atoms with Crippen molar-refractivity contribution in [2.75, 3.05) is 6.61 Å². The minimum Gasteiger partial charge on any atom is -0.461 e. The number of nitrogens with zero attached hydrogens (tertiary/aromatic N) is 3. The number of ether oxygens (including phenoxy) is 1. The van der Waals surface area contributed by atoms with Gasteiger partial charge in [-0.25, -0.2) is 9.78 Å². The Labute approximate surface area is 79.3 Å². The highest BCUT2D eigenvalue weighted by Gasteiger charge is 2.14. The highest BCUT2D eigenvalue weighted by atomic mass is 16.5. The Morgan fingerprint density at radius 3 is 3.21 bits per heavy atom. The van der Waals surface area contributed by atoms with Crippen molar-refractivity contribution < 1.29 is 9.53 Å². The van der Waals surface area contributed by atoms with E-state index in [4.69, 9.17) is 4.74 Å². The fraction of sp³-hybridized carbons (Fsp3) is 0.250. The predicted octanol–water partition coefficient (Wildman–Crippen LogP) is 0.530. The van der Waals surface area contributed by atoms with Gasteiger partial charge in [-0.2, -0.15) is 15.4 Å². The molecule has 0 aromatic carbocycles. The lowest BCUT2D eigenvalue weighted by Gasteiger charge is -1.99. The molecular weight excluding hydrogens is 184 g/mol. The van der Waals surface area contributed by atoms with Gasteiger partial charge in [-0.1, -0.05) is 0 Å². The molecule has 6 heteroatoms. The summed E-state index contributed by atoms with van der Waals surface area (Å²) in [6.07, 6.45) is 1.50. The van der Waals surface area contributed by atoms with E-state index in [1.54, 1.807) is 13.0 Å². The van der Waals surface area contributed by atoms with Crippen molar-refractivity contribution in [2.24, 2.45) is 0 Å². The summed E-state index contributed by atoms with van der Waals surface area (Å²) >= 11 is 0. The number of aromatic amines is 1. The maximum atomic E-state index is 11.4. The summed E-state index contributed by atoms with van der Waals surface area (Å²) in [6, 6.07) is 1.67. The number of rotatable bonds is 2. The maximum absolute atomic E-state index is 11.4. The zero-order chi connectivity index (χ0) is 9.97. The molecule has 0 saturated heterocycles. The van der Waals surface area contributed by atoms with Crippen LogP contribution in [-0.4, -0.2) is 33.0 Å². The van der Waals surface area contributed by atoms with Crippen LogP contribution in [0.1, 0.15) is 17.4 Å². The normalized spacial score (nSPS) is 10.4. The highest BCUT2D eigenvalue weighted by Crippen LogP contribution is 2.11. The van der Waals surface area contributed by atoms with Crippen molar-refractivity contribution in [1.82, 2.24) is 20.4 Å². The van der Waals surface area contributed by atoms with Crippen LogP contribution in [0.2, 0.25) is 0 Å². The molecule has 0 unspecified atom stereocenters. The molecule has 1 N–H and O–H groups in total. The molecular formula is C8H8N4O2. The number of pyridine rings is 1. The average Bonchev–Trinajstić information content (AvgIpc) is 2.65. The lowest BCUT2D eigenvalue weighted by molar-refractivity contribution is 0.0522. The predicted molar refractivity (Wildman–Crippen MR) is 47.6 cm³/mol. The van der Waals surface area contributed by atoms with Gasteiger partial charge in [0.1, 0.15) is 11.0 Å². The Kier molecular flexibility index (Phi) is 2.10. The highest BCUT2D eigenvalue weighted by molar-refractivity contribution is 5.99. The van der Waals surface area contributed by atoms with Crippen molar-refractivity contribution in [2.45, 2.75) is 6.92 Å². The Hall–Kier alpha value is -1.98. The van der Waals surface area contributed by atoms with Gasteiger partial charge in [0.15, 0.2) is 5.69 Å². The lowest BCUT2D eigenvalue weighted by Crippen LogP contribution is -2.07. The summed E-state index contributed by atoms with van der Waals surface area (Å²) in [6.45, 7) is 2.05. The maximum Gasteiger partial charge on any atom is 0.359 e. The molecule has 2 aromatic rings. The van der Waals surface area contributed by atoms with E-state index in [2.05, 4.69) is 20.4 Å². The van der Waals surface area contributed by atoms with Gasteiger partial charge < -0.3 is 4.74 Å². The van der Waals surface area contributed by atoms with Crippen LogP contribution in [0.4, 0.5) is 0 Å². The quantitative estimate of drug-likeness (QED) is 0.702. The molecule has 0 bridgehead atoms. The van der Waals surface area contributed by atoms with Gasteiger partial charge >= 0.3 is 5.97 Å². The number of hydrogen-bond acceptors (Lipinski definition) is 5. The number of carbonyl (C=O) groups is 1. The minimum absolute atomic E-state index is 0.193. The Balaban J connectivity index is 2.50. The monoisotopic (exact) mass is 192 g/mol. The third kappa shape index (κ3) is 1.30. The lowest BCUT2D eigenvalue weighted by atomic mass is 10.3. The van der Waals surface area contributed by atoms with Gasteiger partial charge in [-0.3, -0.25) is 0 Å². The molecule has 0 radical (unpaired) electrons. The minimum atomic E-state index is -0.480. The van der Waals surface area contributed by atoms with Crippen LogP contribution < -0.4 is 0 Å². The van der Waals surface area contributed by atoms with E-state index >= 15 is 0 Å². The number of H-pyrrole nitrogens is 1. The van der Waals surface area contributed by atoms with Gasteiger partial charge in [-0.05, 0) is 13.0 Å². The van der Waals surface area contributed by atoms with E-state index in [1.807, 2.05) is 0 Å². The third-order valence-electron chi connectivity index (χ3n) is 1.70.